The maximum absolute atomic E-state index is 11.9. The Hall–Kier alpha value is -2.53. The lowest BCUT2D eigenvalue weighted by molar-refractivity contribution is -0.121. The molecule has 23 heavy (non-hydrogen) atoms. The lowest BCUT2D eigenvalue weighted by atomic mass is 10.1. The van der Waals surface area contributed by atoms with Gasteiger partial charge in [0.1, 0.15) is 5.01 Å². The number of aryl methyl sites for hydroxylation is 1. The normalized spacial score (nSPS) is 10.4. The average molecular weight is 323 g/mol. The summed E-state index contributed by atoms with van der Waals surface area (Å²) in [7, 11) is 0. The van der Waals surface area contributed by atoms with E-state index in [1.165, 1.54) is 5.56 Å². The summed E-state index contributed by atoms with van der Waals surface area (Å²) in [5.41, 5.74) is 3.07. The van der Waals surface area contributed by atoms with E-state index < -0.39 is 0 Å². The van der Waals surface area contributed by atoms with E-state index in [9.17, 15) is 4.79 Å². The molecule has 0 aliphatic carbocycles. The minimum atomic E-state index is 0.0481. The third kappa shape index (κ3) is 4.47. The third-order valence-electron chi connectivity index (χ3n) is 3.43. The first kappa shape index (κ1) is 15.4. The zero-order chi connectivity index (χ0) is 15.9. The molecule has 2 heterocycles. The first-order valence-electron chi connectivity index (χ1n) is 7.47. The van der Waals surface area contributed by atoms with Crippen LogP contribution in [0.1, 0.15) is 17.0 Å². The van der Waals surface area contributed by atoms with Crippen LogP contribution < -0.4 is 5.32 Å². The number of benzene rings is 1. The molecule has 0 spiro atoms. The van der Waals surface area contributed by atoms with Crippen LogP contribution in [0.25, 0.3) is 11.3 Å². The zero-order valence-corrected chi connectivity index (χ0v) is 13.4. The van der Waals surface area contributed by atoms with Crippen molar-refractivity contribution in [3.63, 3.8) is 0 Å². The molecular weight excluding hydrogens is 306 g/mol. The molecule has 1 amide bonds. The quantitative estimate of drug-likeness (QED) is 0.756. The molecule has 2 aromatic heterocycles. The number of pyridine rings is 1. The molecule has 0 atom stereocenters. The van der Waals surface area contributed by atoms with Gasteiger partial charge in [-0.25, -0.2) is 4.98 Å². The average Bonchev–Trinajstić information content (AvgIpc) is 3.09. The van der Waals surface area contributed by atoms with Gasteiger partial charge in [-0.3, -0.25) is 9.78 Å². The fourth-order valence-corrected chi connectivity index (χ4v) is 2.95. The molecule has 4 nitrogen and oxygen atoms in total. The summed E-state index contributed by atoms with van der Waals surface area (Å²) in [6.07, 6.45) is 4.78. The summed E-state index contributed by atoms with van der Waals surface area (Å²) in [5, 5.41) is 5.82. The number of carbonyl (C=O) groups is 1. The molecule has 0 radical (unpaired) electrons. The largest absolute Gasteiger partial charge is 0.350 e. The van der Waals surface area contributed by atoms with Gasteiger partial charge in [0.05, 0.1) is 12.2 Å². The highest BCUT2D eigenvalue weighted by molar-refractivity contribution is 7.09. The molecule has 0 saturated heterocycles. The van der Waals surface area contributed by atoms with Crippen molar-refractivity contribution in [2.24, 2.45) is 0 Å². The Labute approximate surface area is 139 Å². The van der Waals surface area contributed by atoms with Crippen LogP contribution in [0, 0.1) is 0 Å². The summed E-state index contributed by atoms with van der Waals surface area (Å²) >= 11 is 1.55. The summed E-state index contributed by atoms with van der Waals surface area (Å²) < 4.78 is 0. The van der Waals surface area contributed by atoms with E-state index in [0.717, 1.165) is 22.7 Å². The van der Waals surface area contributed by atoms with E-state index >= 15 is 0 Å². The molecule has 116 valence electrons. The van der Waals surface area contributed by atoms with Crippen molar-refractivity contribution < 1.29 is 4.79 Å². The first-order chi connectivity index (χ1) is 11.3. The fourth-order valence-electron chi connectivity index (χ4n) is 2.20. The van der Waals surface area contributed by atoms with Gasteiger partial charge in [0.15, 0.2) is 0 Å². The van der Waals surface area contributed by atoms with Crippen LogP contribution >= 0.6 is 11.3 Å². The van der Waals surface area contributed by atoms with Gasteiger partial charge in [-0.1, -0.05) is 30.3 Å². The van der Waals surface area contributed by atoms with Crippen molar-refractivity contribution in [1.29, 1.82) is 0 Å². The molecule has 0 aliphatic rings. The molecule has 0 unspecified atom stereocenters. The van der Waals surface area contributed by atoms with Gasteiger partial charge in [0.25, 0.3) is 0 Å². The number of amides is 1. The minimum absolute atomic E-state index is 0.0481. The Morgan fingerprint density at radius 1 is 1.13 bits per heavy atom. The van der Waals surface area contributed by atoms with E-state index in [0.29, 0.717) is 13.0 Å². The van der Waals surface area contributed by atoms with Gasteiger partial charge < -0.3 is 5.32 Å². The topological polar surface area (TPSA) is 54.9 Å². The Morgan fingerprint density at radius 3 is 2.78 bits per heavy atom. The number of aromatic nitrogens is 2. The van der Waals surface area contributed by atoms with Crippen LogP contribution in [0.15, 0.2) is 60.2 Å². The summed E-state index contributed by atoms with van der Waals surface area (Å²) in [6, 6.07) is 13.9. The fraction of sp³-hybridized carbons (Fsp3) is 0.167. The van der Waals surface area contributed by atoms with E-state index in [1.807, 2.05) is 47.8 Å². The number of carbonyl (C=O) groups excluding carboxylic acids is 1. The van der Waals surface area contributed by atoms with Crippen LogP contribution in [0.3, 0.4) is 0 Å². The van der Waals surface area contributed by atoms with Gasteiger partial charge in [-0.05, 0) is 24.1 Å². The minimum Gasteiger partial charge on any atom is -0.350 e. The van der Waals surface area contributed by atoms with Gasteiger partial charge in [0.2, 0.25) is 5.91 Å². The summed E-state index contributed by atoms with van der Waals surface area (Å²) in [5.74, 6) is 0.0481. The molecule has 1 aromatic carbocycles. The van der Waals surface area contributed by atoms with Crippen molar-refractivity contribution in [2.75, 3.05) is 0 Å². The molecule has 0 fully saturated rings. The summed E-state index contributed by atoms with van der Waals surface area (Å²) in [4.78, 5) is 20.5. The number of nitrogens with zero attached hydrogens (tertiary/aromatic N) is 2. The molecule has 0 aliphatic heterocycles. The molecular formula is C18H17N3OS. The SMILES string of the molecule is O=C(CCc1ccccc1)NCc1nc(-c2cccnc2)cs1. The molecule has 5 heteroatoms. The Kier molecular flexibility index (Phi) is 5.11. The smallest absolute Gasteiger partial charge is 0.220 e. The second-order valence-electron chi connectivity index (χ2n) is 5.13. The number of thiazole rings is 1. The molecule has 0 bridgehead atoms. The Bertz CT molecular complexity index is 756. The summed E-state index contributed by atoms with van der Waals surface area (Å²) in [6.45, 7) is 0.471. The lowest BCUT2D eigenvalue weighted by Gasteiger charge is -2.03. The highest BCUT2D eigenvalue weighted by Gasteiger charge is 2.07. The highest BCUT2D eigenvalue weighted by atomic mass is 32.1. The number of hydrogen-bond donors (Lipinski definition) is 1. The predicted octanol–water partition coefficient (Wildman–Crippen LogP) is 3.45. The number of rotatable bonds is 6. The molecule has 0 saturated carbocycles. The van der Waals surface area contributed by atoms with Crippen molar-refractivity contribution in [3.05, 3.63) is 70.8 Å². The number of hydrogen-bond acceptors (Lipinski definition) is 4. The second-order valence-corrected chi connectivity index (χ2v) is 6.07. The zero-order valence-electron chi connectivity index (χ0n) is 12.6. The van der Waals surface area contributed by atoms with Crippen molar-refractivity contribution in [3.8, 4) is 11.3 Å². The van der Waals surface area contributed by atoms with Crippen molar-refractivity contribution >= 4 is 17.2 Å². The monoisotopic (exact) mass is 323 g/mol. The van der Waals surface area contributed by atoms with E-state index in [-0.39, 0.29) is 5.91 Å². The van der Waals surface area contributed by atoms with Gasteiger partial charge >= 0.3 is 0 Å². The van der Waals surface area contributed by atoms with Crippen LogP contribution in [-0.4, -0.2) is 15.9 Å². The Morgan fingerprint density at radius 2 is 2.00 bits per heavy atom. The van der Waals surface area contributed by atoms with Gasteiger partial charge in [0, 0.05) is 29.8 Å². The maximum atomic E-state index is 11.9. The van der Waals surface area contributed by atoms with E-state index in [2.05, 4.69) is 15.3 Å². The van der Waals surface area contributed by atoms with Gasteiger partial charge in [-0.2, -0.15) is 0 Å². The first-order valence-corrected chi connectivity index (χ1v) is 8.34. The van der Waals surface area contributed by atoms with E-state index in [4.69, 9.17) is 0 Å². The van der Waals surface area contributed by atoms with E-state index in [1.54, 1.807) is 23.7 Å². The molecule has 3 rings (SSSR count). The predicted molar refractivity (Wildman–Crippen MR) is 92.0 cm³/mol. The lowest BCUT2D eigenvalue weighted by Crippen LogP contribution is -2.22. The van der Waals surface area contributed by atoms with Crippen LogP contribution in [0.4, 0.5) is 0 Å². The third-order valence-corrected chi connectivity index (χ3v) is 4.28. The van der Waals surface area contributed by atoms with Crippen molar-refractivity contribution in [2.45, 2.75) is 19.4 Å². The van der Waals surface area contributed by atoms with Crippen LogP contribution in [-0.2, 0) is 17.8 Å². The van der Waals surface area contributed by atoms with Gasteiger partial charge in [-0.15, -0.1) is 11.3 Å². The van der Waals surface area contributed by atoms with Crippen molar-refractivity contribution in [1.82, 2.24) is 15.3 Å². The molecule has 3 aromatic rings. The van der Waals surface area contributed by atoms with Crippen LogP contribution in [0.2, 0.25) is 0 Å². The number of nitrogens with one attached hydrogen (secondary N) is 1. The second kappa shape index (κ2) is 7.65. The highest BCUT2D eigenvalue weighted by Crippen LogP contribution is 2.20. The Balaban J connectivity index is 1.49. The standard InChI is InChI=1S/C18H17N3OS/c22-17(9-8-14-5-2-1-3-6-14)20-12-18-21-16(13-23-18)15-7-4-10-19-11-15/h1-7,10-11,13H,8-9,12H2,(H,20,22). The van der Waals surface area contributed by atoms with Crippen LogP contribution in [0.5, 0.6) is 0 Å². The maximum Gasteiger partial charge on any atom is 0.220 e. The molecule has 1 N–H and O–H groups in total.